The molecular weight excluding hydrogens is 567 g/mol. The molecule has 0 radical (unpaired) electrons. The molecule has 0 aliphatic carbocycles. The highest BCUT2D eigenvalue weighted by Crippen LogP contribution is 2.33. The molecule has 0 saturated heterocycles. The Balaban J connectivity index is 1.35. The van der Waals surface area contributed by atoms with E-state index in [1.165, 1.54) is 6.21 Å². The van der Waals surface area contributed by atoms with E-state index in [9.17, 15) is 28.1 Å². The molecule has 0 bridgehead atoms. The average molecular weight is 586 g/mol. The molecule has 38 heavy (non-hydrogen) atoms. The van der Waals surface area contributed by atoms with E-state index in [-0.39, 0.29) is 5.56 Å². The summed E-state index contributed by atoms with van der Waals surface area (Å²) in [5.74, 6) is -0.118. The second-order valence-electron chi connectivity index (χ2n) is 8.23. The molecule has 1 amide bonds. The van der Waals surface area contributed by atoms with Gasteiger partial charge in [-0.3, -0.25) is 14.9 Å². The number of benzene rings is 4. The molecule has 0 spiro atoms. The van der Waals surface area contributed by atoms with Crippen LogP contribution in [0.3, 0.4) is 0 Å². The maximum absolute atomic E-state index is 12.8. The minimum atomic E-state index is -4.73. The van der Waals surface area contributed by atoms with Gasteiger partial charge in [0.25, 0.3) is 5.69 Å². The second-order valence-corrected chi connectivity index (χ2v) is 9.08. The predicted octanol–water partition coefficient (Wildman–Crippen LogP) is 6.80. The van der Waals surface area contributed by atoms with E-state index < -0.39 is 34.7 Å². The molecule has 4 aromatic rings. The van der Waals surface area contributed by atoms with E-state index in [0.717, 1.165) is 22.4 Å². The van der Waals surface area contributed by atoms with Gasteiger partial charge in [0.15, 0.2) is 0 Å². The van der Waals surface area contributed by atoms with E-state index in [4.69, 9.17) is 4.74 Å². The van der Waals surface area contributed by atoms with Crippen molar-refractivity contribution in [3.8, 4) is 5.75 Å². The fourth-order valence-electron chi connectivity index (χ4n) is 3.66. The highest BCUT2D eigenvalue weighted by atomic mass is 79.9. The molecule has 0 saturated carbocycles. The van der Waals surface area contributed by atoms with Gasteiger partial charge in [-0.25, -0.2) is 5.43 Å². The molecule has 0 fully saturated rings. The number of nitrogens with zero attached hydrogens (tertiary/aromatic N) is 2. The number of fused-ring (bicyclic) bond motifs is 1. The Morgan fingerprint density at radius 1 is 1.03 bits per heavy atom. The minimum absolute atomic E-state index is 0.161. The molecule has 194 valence electrons. The molecule has 0 aliphatic heterocycles. The monoisotopic (exact) mass is 585 g/mol. The quantitative estimate of drug-likeness (QED) is 0.140. The third-order valence-electron chi connectivity index (χ3n) is 5.53. The summed E-state index contributed by atoms with van der Waals surface area (Å²) in [6.45, 7) is 0.364. The lowest BCUT2D eigenvalue weighted by molar-refractivity contribution is -0.385. The number of nitrogens with one attached hydrogen (secondary N) is 1. The van der Waals surface area contributed by atoms with E-state index >= 15 is 0 Å². The molecule has 4 rings (SSSR count). The summed E-state index contributed by atoms with van der Waals surface area (Å²) in [4.78, 5) is 22.4. The zero-order chi connectivity index (χ0) is 27.3. The predicted molar refractivity (Wildman–Crippen MR) is 140 cm³/mol. The van der Waals surface area contributed by atoms with Gasteiger partial charge in [0, 0.05) is 11.6 Å². The van der Waals surface area contributed by atoms with Gasteiger partial charge in [-0.1, -0.05) is 42.5 Å². The summed E-state index contributed by atoms with van der Waals surface area (Å²) in [6.07, 6.45) is -3.89. The Kier molecular flexibility index (Phi) is 8.06. The molecular formula is C27H19BrF3N3O4. The number of carbonyl (C=O) groups is 1. The number of rotatable bonds is 8. The molecule has 0 unspecified atom stereocenters. The molecule has 1 N–H and O–H groups in total. The summed E-state index contributed by atoms with van der Waals surface area (Å²) in [6, 6.07) is 21.3. The van der Waals surface area contributed by atoms with Crippen LogP contribution in [-0.2, 0) is 24.0 Å². The first-order valence-electron chi connectivity index (χ1n) is 11.2. The van der Waals surface area contributed by atoms with Crippen molar-refractivity contribution in [1.82, 2.24) is 5.43 Å². The molecule has 0 heterocycles. The number of hydrazone groups is 1. The van der Waals surface area contributed by atoms with Crippen molar-refractivity contribution in [3.05, 3.63) is 116 Å². The van der Waals surface area contributed by atoms with Crippen LogP contribution in [0.25, 0.3) is 10.8 Å². The molecule has 0 aromatic heterocycles. The normalized spacial score (nSPS) is 11.6. The van der Waals surface area contributed by atoms with Gasteiger partial charge in [-0.15, -0.1) is 0 Å². The van der Waals surface area contributed by atoms with Crippen LogP contribution in [-0.4, -0.2) is 17.0 Å². The van der Waals surface area contributed by atoms with Crippen molar-refractivity contribution in [3.63, 3.8) is 0 Å². The first-order valence-corrected chi connectivity index (χ1v) is 12.0. The van der Waals surface area contributed by atoms with Crippen LogP contribution in [0.2, 0.25) is 0 Å². The fourth-order valence-corrected chi connectivity index (χ4v) is 4.17. The summed E-state index contributed by atoms with van der Waals surface area (Å²) >= 11 is 3.45. The van der Waals surface area contributed by atoms with Gasteiger partial charge in [0.1, 0.15) is 12.4 Å². The first-order chi connectivity index (χ1) is 18.1. The van der Waals surface area contributed by atoms with E-state index in [1.807, 2.05) is 36.4 Å². The van der Waals surface area contributed by atoms with Crippen molar-refractivity contribution in [2.24, 2.45) is 5.10 Å². The maximum atomic E-state index is 12.8. The van der Waals surface area contributed by atoms with Gasteiger partial charge in [-0.2, -0.15) is 18.3 Å². The number of nitro benzene ring substituents is 1. The Morgan fingerprint density at radius 2 is 1.79 bits per heavy atom. The number of hydrogen-bond donors (Lipinski definition) is 1. The van der Waals surface area contributed by atoms with Crippen LogP contribution < -0.4 is 10.2 Å². The minimum Gasteiger partial charge on any atom is -0.488 e. The van der Waals surface area contributed by atoms with Crippen LogP contribution in [0.1, 0.15) is 22.3 Å². The number of alkyl halides is 3. The van der Waals surface area contributed by atoms with Crippen LogP contribution >= 0.6 is 15.9 Å². The van der Waals surface area contributed by atoms with Crippen LogP contribution in [0, 0.1) is 10.1 Å². The zero-order valence-corrected chi connectivity index (χ0v) is 21.1. The first kappa shape index (κ1) is 26.8. The van der Waals surface area contributed by atoms with E-state index in [1.54, 1.807) is 18.2 Å². The highest BCUT2D eigenvalue weighted by Gasteiger charge is 2.33. The Bertz CT molecular complexity index is 1540. The number of hydrogen-bond acceptors (Lipinski definition) is 5. The standard InChI is InChI=1S/C27H19BrF3N3O4/c28-23-12-17(6-10-25(23)38-16-18-5-7-19-3-1-2-4-20(19)11-18)15-32-33-26(35)13-21-8-9-22(27(29,30)31)14-24(21)34(36)37/h1-12,14-15H,13,16H2,(H,33,35)/b32-15-. The van der Waals surface area contributed by atoms with Crippen LogP contribution in [0.4, 0.5) is 18.9 Å². The van der Waals surface area contributed by atoms with E-state index in [0.29, 0.717) is 34.5 Å². The van der Waals surface area contributed by atoms with Crippen LogP contribution in [0.15, 0.2) is 88.4 Å². The fraction of sp³-hybridized carbons (Fsp3) is 0.111. The van der Waals surface area contributed by atoms with Gasteiger partial charge < -0.3 is 4.74 Å². The van der Waals surface area contributed by atoms with Crippen molar-refractivity contribution in [2.45, 2.75) is 19.2 Å². The van der Waals surface area contributed by atoms with Gasteiger partial charge >= 0.3 is 6.18 Å². The number of halogens is 4. The average Bonchev–Trinajstić information content (AvgIpc) is 2.87. The number of carbonyl (C=O) groups excluding carboxylic acids is 1. The number of ether oxygens (including phenoxy) is 1. The third kappa shape index (κ3) is 6.74. The Hall–Kier alpha value is -4.25. The molecule has 11 heteroatoms. The van der Waals surface area contributed by atoms with Crippen LogP contribution in [0.5, 0.6) is 5.75 Å². The number of amides is 1. The summed E-state index contributed by atoms with van der Waals surface area (Å²) in [5.41, 5.74) is 1.74. The molecule has 0 atom stereocenters. The molecule has 4 aromatic carbocycles. The summed E-state index contributed by atoms with van der Waals surface area (Å²) < 4.78 is 45.1. The van der Waals surface area contributed by atoms with Crippen molar-refractivity contribution < 1.29 is 27.6 Å². The molecule has 0 aliphatic rings. The SMILES string of the molecule is O=C(Cc1ccc(C(F)(F)F)cc1[N+](=O)[O-])N/N=C\c1ccc(OCc2ccc3ccccc3c2)c(Br)c1. The van der Waals surface area contributed by atoms with Gasteiger partial charge in [0.05, 0.1) is 27.6 Å². The third-order valence-corrected chi connectivity index (χ3v) is 6.15. The van der Waals surface area contributed by atoms with Crippen molar-refractivity contribution >= 4 is 44.5 Å². The van der Waals surface area contributed by atoms with Gasteiger partial charge in [-0.05, 0) is 68.2 Å². The summed E-state index contributed by atoms with van der Waals surface area (Å²) in [5, 5.41) is 17.3. The lowest BCUT2D eigenvalue weighted by atomic mass is 10.1. The lowest BCUT2D eigenvalue weighted by Crippen LogP contribution is -2.20. The van der Waals surface area contributed by atoms with Crippen molar-refractivity contribution in [1.29, 1.82) is 0 Å². The largest absolute Gasteiger partial charge is 0.488 e. The van der Waals surface area contributed by atoms with E-state index in [2.05, 4.69) is 32.5 Å². The molecule has 7 nitrogen and oxygen atoms in total. The second kappa shape index (κ2) is 11.4. The topological polar surface area (TPSA) is 93.8 Å². The zero-order valence-electron chi connectivity index (χ0n) is 19.5. The Labute approximate surface area is 223 Å². The smallest absolute Gasteiger partial charge is 0.416 e. The van der Waals surface area contributed by atoms with Crippen molar-refractivity contribution in [2.75, 3.05) is 0 Å². The highest BCUT2D eigenvalue weighted by molar-refractivity contribution is 9.10. The van der Waals surface area contributed by atoms with Gasteiger partial charge in [0.2, 0.25) is 5.91 Å². The number of nitro groups is 1. The summed E-state index contributed by atoms with van der Waals surface area (Å²) in [7, 11) is 0. The Morgan fingerprint density at radius 3 is 2.50 bits per heavy atom. The lowest BCUT2D eigenvalue weighted by Gasteiger charge is -2.10. The maximum Gasteiger partial charge on any atom is 0.416 e.